The average Bonchev–Trinajstić information content (AvgIpc) is 4.11. The van der Waals surface area contributed by atoms with Gasteiger partial charge in [-0.3, -0.25) is 20.6 Å². The molecule has 2 aromatic carbocycles. The van der Waals surface area contributed by atoms with Gasteiger partial charge in [0.05, 0.1) is 62.8 Å². The second-order valence-corrected chi connectivity index (χ2v) is 15.7. The summed E-state index contributed by atoms with van der Waals surface area (Å²) in [6.45, 7) is 6.18. The number of methoxy groups -OCH3 is 5. The number of carbonyl (C=O) groups is 4. The number of imidazole rings is 2. The first kappa shape index (κ1) is 44.7. The lowest BCUT2D eigenvalue weighted by molar-refractivity contribution is -0.147. The zero-order valence-electron chi connectivity index (χ0n) is 35.9. The van der Waals surface area contributed by atoms with E-state index in [9.17, 15) is 19.2 Å². The van der Waals surface area contributed by atoms with E-state index in [4.69, 9.17) is 34.4 Å². The number of aromatic amines is 2. The van der Waals surface area contributed by atoms with Gasteiger partial charge in [-0.05, 0) is 62.3 Å². The number of aromatic nitrogens is 4. The van der Waals surface area contributed by atoms with E-state index < -0.39 is 48.0 Å². The van der Waals surface area contributed by atoms with E-state index >= 15 is 0 Å². The van der Waals surface area contributed by atoms with Crippen LogP contribution in [0.3, 0.4) is 0 Å². The van der Waals surface area contributed by atoms with E-state index in [-0.39, 0.29) is 23.9 Å². The number of carbonyl (C=O) groups excluding carboxylic acids is 4. The molecule has 0 unspecified atom stereocenters. The number of benzene rings is 2. The van der Waals surface area contributed by atoms with Crippen LogP contribution in [0.4, 0.5) is 9.59 Å². The van der Waals surface area contributed by atoms with Crippen molar-refractivity contribution >= 4 is 24.0 Å². The minimum Gasteiger partial charge on any atom is -0.453 e. The van der Waals surface area contributed by atoms with Gasteiger partial charge < -0.3 is 48.8 Å². The summed E-state index contributed by atoms with van der Waals surface area (Å²) in [5.41, 5.74) is 10.1. The Kier molecular flexibility index (Phi) is 14.1. The Morgan fingerprint density at radius 3 is 1.85 bits per heavy atom. The number of nitrogens with one attached hydrogen (secondary N) is 4. The summed E-state index contributed by atoms with van der Waals surface area (Å²) >= 11 is 0. The SMILES string of the molecule is COC[C@H]1C[C@@H](c2ncc(-c3ccc(-c4ccc(-c5cnc([C@@H]6CC[C@H](C)N6C(=O)[C@@](N)(NC(=O)OC)[C@@H](C)OC)[nH]5)cc4)cc3)[nH]2)N(C(=O)[C@@H](NC(=O)OC)[C@@H](C)OC)C1. The molecule has 0 spiro atoms. The summed E-state index contributed by atoms with van der Waals surface area (Å²) < 4.78 is 25.8. The van der Waals surface area contributed by atoms with E-state index in [0.29, 0.717) is 37.6 Å². The lowest BCUT2D eigenvalue weighted by atomic mass is 10.0. The van der Waals surface area contributed by atoms with Crippen LogP contribution in [0.5, 0.6) is 0 Å². The zero-order chi connectivity index (χ0) is 44.0. The molecular weight excluding hydrogens is 787 g/mol. The molecule has 18 nitrogen and oxygen atoms in total. The van der Waals surface area contributed by atoms with Gasteiger partial charge in [0.2, 0.25) is 5.91 Å². The summed E-state index contributed by atoms with van der Waals surface area (Å²) in [5.74, 6) is 0.528. The smallest absolute Gasteiger partial charge is 0.408 e. The summed E-state index contributed by atoms with van der Waals surface area (Å²) in [6, 6.07) is 14.3. The predicted octanol–water partition coefficient (Wildman–Crippen LogP) is 4.53. The molecule has 6 N–H and O–H groups in total. The summed E-state index contributed by atoms with van der Waals surface area (Å²) in [4.78, 5) is 72.0. The van der Waals surface area contributed by atoms with Crippen LogP contribution in [0, 0.1) is 5.92 Å². The minimum atomic E-state index is -1.86. The van der Waals surface area contributed by atoms with Gasteiger partial charge in [0.15, 0.2) is 5.66 Å². The third-order valence-electron chi connectivity index (χ3n) is 11.9. The van der Waals surface area contributed by atoms with Crippen molar-refractivity contribution in [1.29, 1.82) is 0 Å². The zero-order valence-corrected chi connectivity index (χ0v) is 35.9. The summed E-state index contributed by atoms with van der Waals surface area (Å²) in [7, 11) is 7.00. The molecule has 4 aromatic rings. The van der Waals surface area contributed by atoms with Crippen LogP contribution in [0.15, 0.2) is 60.9 Å². The predicted molar refractivity (Wildman–Crippen MR) is 224 cm³/mol. The van der Waals surface area contributed by atoms with Gasteiger partial charge in [-0.25, -0.2) is 19.6 Å². The lowest BCUT2D eigenvalue weighted by Crippen LogP contribution is -2.71. The van der Waals surface area contributed by atoms with Gasteiger partial charge in [-0.1, -0.05) is 48.5 Å². The van der Waals surface area contributed by atoms with Gasteiger partial charge in [-0.15, -0.1) is 0 Å². The molecule has 4 amide bonds. The standard InChI is InChI=1S/C43H57N9O9/c1-24-9-18-34(52(24)40(54)43(44,26(3)59-6)50-42(56)61-8)37-45-20-32(47-37)30-14-10-28(11-15-30)29-12-16-31(17-13-29)33-21-46-38(48-33)35-19-27(23-57-4)22-51(35)39(53)36(25(2)58-5)49-41(55)60-7/h10-17,20-21,24-27,34-36H,9,18-19,22-23,44H2,1-8H3,(H,45,47)(H,46,48)(H,49,55)(H,50,56)/t24-,25+,26+,27-,34-,35-,36-,43-/m0/s1. The normalized spacial score (nSPS) is 21.3. The molecule has 328 valence electrons. The fraction of sp³-hybridized carbons (Fsp3) is 0.488. The Balaban J connectivity index is 1.15. The van der Waals surface area contributed by atoms with Crippen molar-refractivity contribution in [1.82, 2.24) is 40.4 Å². The molecule has 61 heavy (non-hydrogen) atoms. The van der Waals surface area contributed by atoms with Crippen molar-refractivity contribution in [3.05, 3.63) is 72.6 Å². The van der Waals surface area contributed by atoms with Gasteiger partial charge in [0, 0.05) is 39.8 Å². The molecule has 8 atom stereocenters. The number of nitrogens with two attached hydrogens (primary N) is 1. The molecule has 0 aliphatic carbocycles. The largest absolute Gasteiger partial charge is 0.453 e. The molecule has 6 rings (SSSR count). The maximum Gasteiger partial charge on any atom is 0.408 e. The molecule has 0 radical (unpaired) electrons. The van der Waals surface area contributed by atoms with Crippen LogP contribution in [0.1, 0.15) is 63.8 Å². The number of ether oxygens (including phenoxy) is 5. The van der Waals surface area contributed by atoms with E-state index in [1.165, 1.54) is 28.4 Å². The molecule has 0 bridgehead atoms. The van der Waals surface area contributed by atoms with Gasteiger partial charge >= 0.3 is 12.2 Å². The molecule has 2 aromatic heterocycles. The first-order valence-corrected chi connectivity index (χ1v) is 20.2. The number of alkyl carbamates (subject to hydrolysis) is 2. The number of amides is 4. The molecule has 4 heterocycles. The van der Waals surface area contributed by atoms with E-state index in [2.05, 4.69) is 25.6 Å². The average molecular weight is 844 g/mol. The van der Waals surface area contributed by atoms with Gasteiger partial charge in [0.1, 0.15) is 23.8 Å². The summed E-state index contributed by atoms with van der Waals surface area (Å²) in [6.07, 6.45) is 2.51. The Hall–Kier alpha value is -5.82. The van der Waals surface area contributed by atoms with E-state index in [1.54, 1.807) is 43.2 Å². The van der Waals surface area contributed by atoms with Crippen molar-refractivity contribution in [2.45, 2.75) is 82.1 Å². The highest BCUT2D eigenvalue weighted by molar-refractivity contribution is 5.91. The van der Waals surface area contributed by atoms with Crippen LogP contribution in [-0.2, 0) is 33.3 Å². The fourth-order valence-corrected chi connectivity index (χ4v) is 8.20. The first-order valence-electron chi connectivity index (χ1n) is 20.2. The van der Waals surface area contributed by atoms with Crippen LogP contribution in [-0.4, -0.2) is 132 Å². The van der Waals surface area contributed by atoms with Crippen molar-refractivity contribution in [2.24, 2.45) is 11.7 Å². The molecule has 2 saturated heterocycles. The molecule has 2 fully saturated rings. The minimum absolute atomic E-state index is 0.0723. The molecule has 2 aliphatic rings. The number of rotatable bonds is 15. The van der Waals surface area contributed by atoms with Crippen LogP contribution in [0.2, 0.25) is 0 Å². The molecule has 0 saturated carbocycles. The molecular formula is C43H57N9O9. The Bertz CT molecular complexity index is 2140. The van der Waals surface area contributed by atoms with Crippen LogP contribution in [0.25, 0.3) is 33.6 Å². The number of nitrogens with zero attached hydrogens (tertiary/aromatic N) is 4. The Morgan fingerprint density at radius 2 is 1.34 bits per heavy atom. The molecule has 18 heteroatoms. The second kappa shape index (κ2) is 19.3. The number of H-pyrrole nitrogens is 2. The van der Waals surface area contributed by atoms with Crippen molar-refractivity contribution in [2.75, 3.05) is 48.7 Å². The second-order valence-electron chi connectivity index (χ2n) is 15.7. The maximum atomic E-state index is 14.0. The first-order chi connectivity index (χ1) is 29.3. The van der Waals surface area contributed by atoms with Crippen LogP contribution < -0.4 is 16.4 Å². The number of likely N-dealkylation sites (tertiary alicyclic amines) is 2. The molecule has 2 aliphatic heterocycles. The monoisotopic (exact) mass is 843 g/mol. The van der Waals surface area contributed by atoms with Gasteiger partial charge in [0.25, 0.3) is 5.91 Å². The Labute approximate surface area is 355 Å². The van der Waals surface area contributed by atoms with Crippen LogP contribution >= 0.6 is 0 Å². The highest BCUT2D eigenvalue weighted by Crippen LogP contribution is 2.39. The van der Waals surface area contributed by atoms with Crippen molar-refractivity contribution in [3.8, 4) is 33.6 Å². The van der Waals surface area contributed by atoms with Crippen molar-refractivity contribution in [3.63, 3.8) is 0 Å². The third kappa shape index (κ3) is 9.41. The fourth-order valence-electron chi connectivity index (χ4n) is 8.20. The Morgan fingerprint density at radius 1 is 0.803 bits per heavy atom. The van der Waals surface area contributed by atoms with E-state index in [1.807, 2.05) is 55.5 Å². The highest BCUT2D eigenvalue weighted by Gasteiger charge is 2.50. The number of hydrogen-bond acceptors (Lipinski definition) is 12. The van der Waals surface area contributed by atoms with Crippen molar-refractivity contribution < 1.29 is 42.9 Å². The van der Waals surface area contributed by atoms with E-state index in [0.717, 1.165) is 40.1 Å². The number of hydrogen-bond donors (Lipinski definition) is 5. The highest BCUT2D eigenvalue weighted by atomic mass is 16.5. The maximum absolute atomic E-state index is 14.0. The quantitative estimate of drug-likeness (QED) is 0.104. The topological polar surface area (TPSA) is 228 Å². The lowest BCUT2D eigenvalue weighted by Gasteiger charge is -2.39. The third-order valence-corrected chi connectivity index (χ3v) is 11.9. The summed E-state index contributed by atoms with van der Waals surface area (Å²) in [5, 5.41) is 5.12. The van der Waals surface area contributed by atoms with Gasteiger partial charge in [-0.2, -0.15) is 0 Å².